The zero-order valence-electron chi connectivity index (χ0n) is 36.8. The van der Waals surface area contributed by atoms with E-state index in [2.05, 4.69) is 23.1 Å². The Morgan fingerprint density at radius 2 is 1.75 bits per heavy atom. The predicted octanol–water partition coefficient (Wildman–Crippen LogP) is 6.70. The predicted molar refractivity (Wildman–Crippen MR) is 243 cm³/mol. The van der Waals surface area contributed by atoms with Crippen LogP contribution in [-0.2, 0) is 25.7 Å². The van der Waals surface area contributed by atoms with Crippen LogP contribution in [-0.4, -0.2) is 108 Å². The summed E-state index contributed by atoms with van der Waals surface area (Å²) in [6.07, 6.45) is 10.4. The van der Waals surface area contributed by atoms with Gasteiger partial charge in [0.15, 0.2) is 0 Å². The molecule has 16 heteroatoms. The molecule has 6 unspecified atom stereocenters. The molecule has 65 heavy (non-hydrogen) atoms. The quantitative estimate of drug-likeness (QED) is 0.0243. The molecule has 1 aliphatic heterocycles. The Balaban J connectivity index is 1.50. The Hall–Kier alpha value is -5.91. The number of hydrogen-bond donors (Lipinski definition) is 4. The fourth-order valence-electron chi connectivity index (χ4n) is 9.45. The van der Waals surface area contributed by atoms with Gasteiger partial charge in [-0.25, -0.2) is 4.79 Å². The van der Waals surface area contributed by atoms with Gasteiger partial charge in [0.25, 0.3) is 5.69 Å². The average molecular weight is 897 g/mol. The summed E-state index contributed by atoms with van der Waals surface area (Å²) in [5, 5.41) is 48.1. The minimum atomic E-state index is -1.57. The SMILES string of the molecule is C=CCOC12Oc3ccc(OC(=O)NCc4ccccc4)cc3C3C(CCCCO)C(CCCCO)C=C(C(=NOC)CC1N(CCOCCO)C(=O)C=Cc1ccc([N+](=O)[O-])cc1)C32. The largest absolute Gasteiger partial charge is 0.459 e. The molecule has 0 aromatic heterocycles. The van der Waals surface area contributed by atoms with Crippen molar-refractivity contribution in [2.45, 2.75) is 69.2 Å². The number of nitrogens with one attached hydrogen (secondary N) is 1. The number of rotatable bonds is 24. The van der Waals surface area contributed by atoms with Crippen molar-refractivity contribution in [3.8, 4) is 11.5 Å². The molecular formula is C49H60N4O12. The van der Waals surface area contributed by atoms with E-state index >= 15 is 0 Å². The Labute approximate surface area is 379 Å². The lowest BCUT2D eigenvalue weighted by molar-refractivity contribution is -0.384. The minimum absolute atomic E-state index is 0.0221. The van der Waals surface area contributed by atoms with E-state index in [9.17, 15) is 35.0 Å². The second-order valence-electron chi connectivity index (χ2n) is 16.2. The fraction of sp³-hybridized carbons (Fsp3) is 0.449. The van der Waals surface area contributed by atoms with E-state index < -0.39 is 34.7 Å². The standard InChI is InChI=1S/C49H60N4O12/c1-3-27-63-49-44(52(23-28-62-29-26-56)45(57)22-17-34-15-18-37(19-16-34)53(59)60)32-42(51-61-2)40-30-36(13-7-9-24-54)39(14-8-10-25-55)46(47(40)49)41-31-38(20-21-43(41)65-49)64-48(58)50-33-35-11-5-4-6-12-35/h3-6,11-12,15-22,30-31,36,39,44,46-47,54-56H,1,7-10,13-14,23-29,32-33H2,2H3,(H,50,58). The van der Waals surface area contributed by atoms with Crippen LogP contribution in [0.1, 0.15) is 67.6 Å². The highest BCUT2D eigenvalue weighted by Gasteiger charge is 2.65. The molecular weight excluding hydrogens is 837 g/mol. The Morgan fingerprint density at radius 1 is 1.00 bits per heavy atom. The molecule has 4 N–H and O–H groups in total. The van der Waals surface area contributed by atoms with E-state index in [1.54, 1.807) is 41.3 Å². The monoisotopic (exact) mass is 896 g/mol. The van der Waals surface area contributed by atoms with Crippen LogP contribution in [0.15, 0.2) is 108 Å². The molecule has 3 aliphatic rings. The topological polar surface area (TPSA) is 212 Å². The molecule has 2 amide bonds. The van der Waals surface area contributed by atoms with E-state index in [1.807, 2.05) is 36.4 Å². The van der Waals surface area contributed by atoms with E-state index in [0.717, 1.165) is 29.5 Å². The van der Waals surface area contributed by atoms with Gasteiger partial charge in [-0.3, -0.25) is 14.9 Å². The van der Waals surface area contributed by atoms with Crippen molar-refractivity contribution in [3.63, 3.8) is 0 Å². The number of nitro benzene ring substituents is 1. The van der Waals surface area contributed by atoms with Gasteiger partial charge in [0.2, 0.25) is 11.7 Å². The second kappa shape index (κ2) is 23.9. The normalized spacial score (nSPS) is 22.6. The number of benzene rings is 3. The molecule has 3 aromatic rings. The van der Waals surface area contributed by atoms with E-state index in [4.69, 9.17) is 23.8 Å². The maximum Gasteiger partial charge on any atom is 0.412 e. The van der Waals surface area contributed by atoms with Crippen LogP contribution in [0.5, 0.6) is 11.5 Å². The summed E-state index contributed by atoms with van der Waals surface area (Å²) in [5.41, 5.74) is 3.57. The van der Waals surface area contributed by atoms with Gasteiger partial charge in [0.1, 0.15) is 24.7 Å². The lowest BCUT2D eigenvalue weighted by atomic mass is 9.55. The Morgan fingerprint density at radius 3 is 2.45 bits per heavy atom. The number of non-ortho nitro benzene ring substituents is 1. The van der Waals surface area contributed by atoms with Gasteiger partial charge < -0.3 is 49.3 Å². The highest BCUT2D eigenvalue weighted by Crippen LogP contribution is 2.62. The summed E-state index contributed by atoms with van der Waals surface area (Å²) in [6.45, 7) is 4.29. The van der Waals surface area contributed by atoms with Gasteiger partial charge >= 0.3 is 6.09 Å². The summed E-state index contributed by atoms with van der Waals surface area (Å²) in [7, 11) is 1.47. The highest BCUT2D eigenvalue weighted by molar-refractivity contribution is 6.03. The van der Waals surface area contributed by atoms with Gasteiger partial charge in [0.05, 0.1) is 43.0 Å². The lowest BCUT2D eigenvalue weighted by Gasteiger charge is -2.60. The Kier molecular flexibility index (Phi) is 17.8. The summed E-state index contributed by atoms with van der Waals surface area (Å²) in [5.74, 6) is -2.33. The van der Waals surface area contributed by atoms with Gasteiger partial charge in [-0.15, -0.1) is 6.58 Å². The summed E-state index contributed by atoms with van der Waals surface area (Å²) in [4.78, 5) is 46.0. The summed E-state index contributed by atoms with van der Waals surface area (Å²) < 4.78 is 25.9. The van der Waals surface area contributed by atoms with Crippen LogP contribution in [0.25, 0.3) is 6.08 Å². The number of ether oxygens (including phenoxy) is 4. The molecule has 0 spiro atoms. The van der Waals surface area contributed by atoms with Crippen LogP contribution >= 0.6 is 0 Å². The third-order valence-electron chi connectivity index (χ3n) is 12.2. The molecule has 2 aliphatic carbocycles. The number of aliphatic hydroxyl groups excluding tert-OH is 3. The van der Waals surface area contributed by atoms with E-state index in [0.29, 0.717) is 48.5 Å². The number of aliphatic hydroxyl groups is 3. The van der Waals surface area contributed by atoms with Gasteiger partial charge in [-0.1, -0.05) is 60.5 Å². The Bertz CT molecular complexity index is 2160. The van der Waals surface area contributed by atoms with Crippen molar-refractivity contribution in [1.82, 2.24) is 10.2 Å². The van der Waals surface area contributed by atoms with Crippen molar-refractivity contribution in [3.05, 3.63) is 130 Å². The van der Waals surface area contributed by atoms with Gasteiger partial charge in [0, 0.05) is 62.4 Å². The average Bonchev–Trinajstić information content (AvgIpc) is 3.31. The number of nitrogens with zero attached hydrogens (tertiary/aromatic N) is 3. The molecule has 1 fully saturated rings. The first-order valence-electron chi connectivity index (χ1n) is 22.2. The van der Waals surface area contributed by atoms with Crippen LogP contribution < -0.4 is 14.8 Å². The first-order valence-corrected chi connectivity index (χ1v) is 22.2. The van der Waals surface area contributed by atoms with Crippen LogP contribution in [0.2, 0.25) is 0 Å². The van der Waals surface area contributed by atoms with Crippen molar-refractivity contribution in [2.24, 2.45) is 22.9 Å². The van der Waals surface area contributed by atoms with Crippen molar-refractivity contribution in [2.75, 3.05) is 53.3 Å². The third kappa shape index (κ3) is 11.9. The van der Waals surface area contributed by atoms with Crippen molar-refractivity contribution < 1.29 is 53.6 Å². The number of nitro groups is 1. The first-order chi connectivity index (χ1) is 31.7. The minimum Gasteiger partial charge on any atom is -0.459 e. The van der Waals surface area contributed by atoms with Crippen LogP contribution in [0, 0.1) is 27.9 Å². The molecule has 16 nitrogen and oxygen atoms in total. The molecule has 3 aromatic carbocycles. The third-order valence-corrected chi connectivity index (χ3v) is 12.2. The number of carbonyl (C=O) groups is 2. The number of allylic oxidation sites excluding steroid dienone is 1. The summed E-state index contributed by atoms with van der Waals surface area (Å²) >= 11 is 0. The number of carbonyl (C=O) groups excluding carboxylic acids is 2. The number of unbranched alkanes of at least 4 members (excludes halogenated alkanes) is 2. The maximum absolute atomic E-state index is 14.7. The van der Waals surface area contributed by atoms with Crippen LogP contribution in [0.4, 0.5) is 10.5 Å². The lowest BCUT2D eigenvalue weighted by Crippen LogP contribution is -2.70. The van der Waals surface area contributed by atoms with E-state index in [1.165, 1.54) is 25.3 Å². The van der Waals surface area contributed by atoms with Gasteiger partial charge in [-0.2, -0.15) is 0 Å². The molecule has 1 saturated carbocycles. The molecule has 6 rings (SSSR count). The van der Waals surface area contributed by atoms with E-state index in [-0.39, 0.29) is 82.6 Å². The van der Waals surface area contributed by atoms with Crippen molar-refractivity contribution in [1.29, 1.82) is 0 Å². The zero-order chi connectivity index (χ0) is 46.2. The summed E-state index contributed by atoms with van der Waals surface area (Å²) in [6, 6.07) is 19.7. The molecule has 348 valence electrons. The zero-order valence-corrected chi connectivity index (χ0v) is 36.8. The molecule has 0 saturated heterocycles. The molecule has 0 radical (unpaired) electrons. The maximum atomic E-state index is 14.7. The second-order valence-corrected chi connectivity index (χ2v) is 16.2. The highest BCUT2D eigenvalue weighted by atomic mass is 16.7. The number of hydrogen-bond acceptors (Lipinski definition) is 13. The van der Waals surface area contributed by atoms with Gasteiger partial charge in [-0.05, 0) is 90.6 Å². The number of amides is 2. The molecule has 1 heterocycles. The first kappa shape index (κ1) is 48.5. The molecule has 0 bridgehead atoms. The number of fused-ring (bicyclic) bond motifs is 2. The fourth-order valence-corrected chi connectivity index (χ4v) is 9.45. The molecule has 6 atom stereocenters. The van der Waals surface area contributed by atoms with Crippen molar-refractivity contribution >= 4 is 29.5 Å². The van der Waals surface area contributed by atoms with Crippen LogP contribution in [0.3, 0.4) is 0 Å². The smallest absolute Gasteiger partial charge is 0.412 e. The number of oxime groups is 1.